The molecule has 1 spiro atoms. The van der Waals surface area contributed by atoms with Gasteiger partial charge in [0.15, 0.2) is 0 Å². The second-order valence-electron chi connectivity index (χ2n) is 6.51. The summed E-state index contributed by atoms with van der Waals surface area (Å²) >= 11 is 55.4. The van der Waals surface area contributed by atoms with Crippen molar-refractivity contribution in [1.82, 2.24) is 4.98 Å². The molecule has 180 valence electrons. The molecule has 0 fully saturated rings. The number of benzene rings is 2. The summed E-state index contributed by atoms with van der Waals surface area (Å²) in [5.41, 5.74) is 0. The molecular formula is C17H3Cl9NO6P. The number of hydrogen-bond acceptors (Lipinski definition) is 7. The van der Waals surface area contributed by atoms with Crippen molar-refractivity contribution in [2.45, 2.75) is 0 Å². The van der Waals surface area contributed by atoms with E-state index in [1.807, 2.05) is 0 Å². The first-order valence-corrected chi connectivity index (χ1v) is 13.7. The van der Waals surface area contributed by atoms with Crippen LogP contribution in [0.4, 0.5) is 0 Å². The number of hydrogen-bond donors (Lipinski definition) is 1. The maximum absolute atomic E-state index is 10.6. The maximum atomic E-state index is 10.6. The van der Waals surface area contributed by atoms with E-state index in [-0.39, 0.29) is 68.3 Å². The van der Waals surface area contributed by atoms with E-state index in [4.69, 9.17) is 127 Å². The van der Waals surface area contributed by atoms with Crippen molar-refractivity contribution in [2.24, 2.45) is 0 Å². The molecule has 0 saturated heterocycles. The van der Waals surface area contributed by atoms with Gasteiger partial charge in [-0.1, -0.05) is 0 Å². The summed E-state index contributed by atoms with van der Waals surface area (Å²) in [5.74, 6) is -1.97. The zero-order chi connectivity index (χ0) is 24.8. The van der Waals surface area contributed by atoms with Crippen LogP contribution in [-0.2, 0) is 0 Å². The first-order chi connectivity index (χ1) is 15.9. The molecule has 2 aliphatic heterocycles. The Morgan fingerprint density at radius 3 is 1.79 bits per heavy atom. The standard InChI is InChI=1S/C17H3Cl9NO6P/c18-3-1-4-17(27-2-3)33-34(29-4,30-14-10(24)6(20)5(19)9(23)13(14)28)31-15-11(25)7(21)8(22)12(26)16(15)32-34/h1-2,28H. The summed E-state index contributed by atoms with van der Waals surface area (Å²) in [6.45, 7) is 0. The molecule has 2 aliphatic rings. The molecule has 0 aliphatic carbocycles. The predicted octanol–water partition coefficient (Wildman–Crippen LogP) is 10.1. The molecule has 0 unspecified atom stereocenters. The Morgan fingerprint density at radius 1 is 0.676 bits per heavy atom. The third-order valence-corrected chi connectivity index (χ3v) is 10.5. The van der Waals surface area contributed by atoms with Crippen molar-refractivity contribution < 1.29 is 27.7 Å². The number of fused-ring (bicyclic) bond motifs is 2. The minimum atomic E-state index is -5.45. The van der Waals surface area contributed by atoms with Gasteiger partial charge in [0.2, 0.25) is 0 Å². The number of phenols is 1. The summed E-state index contributed by atoms with van der Waals surface area (Å²) in [5, 5.41) is 8.86. The quantitative estimate of drug-likeness (QED) is 0.166. The predicted molar refractivity (Wildman–Crippen MR) is 134 cm³/mol. The number of halogens is 9. The van der Waals surface area contributed by atoms with Crippen LogP contribution >= 0.6 is 112 Å². The van der Waals surface area contributed by atoms with E-state index in [0.29, 0.717) is 0 Å². The van der Waals surface area contributed by atoms with Gasteiger partial charge in [-0.05, 0) is 0 Å². The van der Waals surface area contributed by atoms with Crippen molar-refractivity contribution in [3.8, 4) is 34.6 Å². The van der Waals surface area contributed by atoms with Gasteiger partial charge in [0, 0.05) is 0 Å². The van der Waals surface area contributed by atoms with Gasteiger partial charge in [0.05, 0.1) is 0 Å². The van der Waals surface area contributed by atoms with Crippen molar-refractivity contribution >= 4 is 112 Å². The summed E-state index contributed by atoms with van der Waals surface area (Å²) in [7, 11) is -5.45. The van der Waals surface area contributed by atoms with Gasteiger partial charge >= 0.3 is 237 Å². The number of aromatic hydroxyl groups is 1. The molecule has 0 amide bonds. The Labute approximate surface area is 235 Å². The summed E-state index contributed by atoms with van der Waals surface area (Å²) in [6, 6.07) is 1.34. The number of phenolic OH excluding ortho intramolecular Hbond substituents is 1. The van der Waals surface area contributed by atoms with Gasteiger partial charge in [-0.25, -0.2) is 0 Å². The van der Waals surface area contributed by atoms with Crippen LogP contribution in [0, 0.1) is 0 Å². The second-order valence-corrected chi connectivity index (χ2v) is 12.4. The summed E-state index contributed by atoms with van der Waals surface area (Å²) < 4.78 is 29.6. The molecule has 1 aromatic heterocycles. The van der Waals surface area contributed by atoms with Crippen LogP contribution in [0.25, 0.3) is 0 Å². The van der Waals surface area contributed by atoms with E-state index < -0.39 is 19.2 Å². The molecule has 3 heterocycles. The van der Waals surface area contributed by atoms with Gasteiger partial charge < -0.3 is 0 Å². The van der Waals surface area contributed by atoms with Crippen LogP contribution in [-0.4, -0.2) is 10.1 Å². The van der Waals surface area contributed by atoms with Crippen LogP contribution in [0.1, 0.15) is 0 Å². The molecule has 0 bridgehead atoms. The van der Waals surface area contributed by atoms with Crippen molar-refractivity contribution in [2.75, 3.05) is 0 Å². The van der Waals surface area contributed by atoms with Gasteiger partial charge in [0.1, 0.15) is 0 Å². The fraction of sp³-hybridized carbons (Fsp3) is 0. The fourth-order valence-electron chi connectivity index (χ4n) is 2.92. The molecule has 0 saturated carbocycles. The van der Waals surface area contributed by atoms with Crippen LogP contribution in [0.5, 0.6) is 34.6 Å². The molecule has 1 N–H and O–H groups in total. The Kier molecular flexibility index (Phi) is 6.07. The van der Waals surface area contributed by atoms with Crippen molar-refractivity contribution in [3.63, 3.8) is 0 Å². The number of pyridine rings is 1. The van der Waals surface area contributed by atoms with Crippen LogP contribution in [0.2, 0.25) is 45.2 Å². The number of aromatic nitrogens is 1. The zero-order valence-corrected chi connectivity index (χ0v) is 23.1. The van der Waals surface area contributed by atoms with E-state index in [1.54, 1.807) is 0 Å². The zero-order valence-electron chi connectivity index (χ0n) is 15.4. The van der Waals surface area contributed by atoms with E-state index >= 15 is 0 Å². The monoisotopic (exact) mass is 663 g/mol. The molecule has 2 aromatic carbocycles. The van der Waals surface area contributed by atoms with Crippen molar-refractivity contribution in [3.05, 3.63) is 57.5 Å². The Morgan fingerprint density at radius 2 is 1.21 bits per heavy atom. The molecule has 34 heavy (non-hydrogen) atoms. The van der Waals surface area contributed by atoms with Gasteiger partial charge in [-0.3, -0.25) is 0 Å². The first kappa shape index (κ1) is 25.1. The Balaban J connectivity index is 1.76. The van der Waals surface area contributed by atoms with E-state index in [9.17, 15) is 5.11 Å². The third-order valence-electron chi connectivity index (χ3n) is 4.37. The normalized spacial score (nSPS) is 17.5. The fourth-order valence-corrected chi connectivity index (χ4v) is 7.65. The average Bonchev–Trinajstić information content (AvgIpc) is 3.31. The van der Waals surface area contributed by atoms with Crippen LogP contribution in [0.15, 0.2) is 12.3 Å². The van der Waals surface area contributed by atoms with E-state index in [1.165, 1.54) is 12.3 Å². The summed E-state index contributed by atoms with van der Waals surface area (Å²) in [4.78, 5) is 4.03. The molecule has 5 rings (SSSR count). The van der Waals surface area contributed by atoms with E-state index in [2.05, 4.69) is 4.98 Å². The SMILES string of the molecule is Oc1c(Cl)c(Cl)c(Cl)c(Cl)c1OP12(Oc3cc(Cl)cnc3O1)Oc1c(Cl)c(Cl)c(Cl)c(Cl)c1O2. The molecule has 0 radical (unpaired) electrons. The average molecular weight is 667 g/mol. The van der Waals surface area contributed by atoms with Gasteiger partial charge in [-0.15, -0.1) is 0 Å². The Hall–Kier alpha value is -0.570. The van der Waals surface area contributed by atoms with Gasteiger partial charge in [-0.2, -0.15) is 0 Å². The molecule has 3 aromatic rings. The summed E-state index contributed by atoms with van der Waals surface area (Å²) in [6.07, 6.45) is 1.26. The van der Waals surface area contributed by atoms with Crippen LogP contribution in [0.3, 0.4) is 0 Å². The Bertz CT molecular complexity index is 1370. The van der Waals surface area contributed by atoms with Gasteiger partial charge in [0.25, 0.3) is 0 Å². The van der Waals surface area contributed by atoms with Crippen molar-refractivity contribution in [1.29, 1.82) is 0 Å². The van der Waals surface area contributed by atoms with Crippen LogP contribution < -0.4 is 22.6 Å². The van der Waals surface area contributed by atoms with E-state index in [0.717, 1.165) is 0 Å². The minimum absolute atomic E-state index is 0.0517. The molecule has 0 atom stereocenters. The molecule has 17 heteroatoms. The molecule has 7 nitrogen and oxygen atoms in total. The second kappa shape index (κ2) is 8.22. The topological polar surface area (TPSA) is 79.3 Å². The third kappa shape index (κ3) is 3.56. The first-order valence-electron chi connectivity index (χ1n) is 8.46. The number of nitrogens with zero attached hydrogens (tertiary/aromatic N) is 1. The molecular weight excluding hydrogens is 664 g/mol. The number of rotatable bonds is 2.